The van der Waals surface area contributed by atoms with Crippen LogP contribution in [-0.2, 0) is 9.63 Å². The van der Waals surface area contributed by atoms with Crippen molar-refractivity contribution in [2.75, 3.05) is 11.9 Å². The predicted octanol–water partition coefficient (Wildman–Crippen LogP) is 3.56. The number of carbonyl (C=O) groups excluding carboxylic acids is 1. The van der Waals surface area contributed by atoms with Crippen LogP contribution in [0, 0.1) is 11.6 Å². The Morgan fingerprint density at radius 2 is 1.92 bits per heavy atom. The van der Waals surface area contributed by atoms with Crippen molar-refractivity contribution < 1.29 is 31.9 Å². The highest BCUT2D eigenvalue weighted by molar-refractivity contribution is 5.91. The van der Waals surface area contributed by atoms with E-state index >= 15 is 0 Å². The van der Waals surface area contributed by atoms with Crippen LogP contribution < -0.4 is 10.1 Å². The molecule has 0 fully saturated rings. The Balaban J connectivity index is 1.86. The number of para-hydroxylation sites is 1. The number of benzene rings is 2. The summed E-state index contributed by atoms with van der Waals surface area (Å²) in [6.07, 6.45) is 1.10. The number of anilines is 1. The minimum atomic E-state index is -2.99. The Labute approximate surface area is 139 Å². The van der Waals surface area contributed by atoms with Gasteiger partial charge in [0.05, 0.1) is 6.21 Å². The van der Waals surface area contributed by atoms with Gasteiger partial charge in [0.25, 0.3) is 5.91 Å². The molecule has 1 N–H and O–H groups in total. The van der Waals surface area contributed by atoms with E-state index in [0.717, 1.165) is 18.3 Å². The number of nitrogens with one attached hydrogen (secondary N) is 1. The number of ether oxygens (including phenoxy) is 1. The zero-order valence-electron chi connectivity index (χ0n) is 12.6. The Morgan fingerprint density at radius 1 is 1.16 bits per heavy atom. The number of hydrogen-bond acceptors (Lipinski definition) is 4. The number of hydrogen-bond donors (Lipinski definition) is 1. The molecule has 0 saturated carbocycles. The fourth-order valence-electron chi connectivity index (χ4n) is 1.75. The number of rotatable bonds is 7. The van der Waals surface area contributed by atoms with Crippen LogP contribution >= 0.6 is 0 Å². The van der Waals surface area contributed by atoms with E-state index in [1.54, 1.807) is 6.07 Å². The normalized spacial score (nSPS) is 10.9. The van der Waals surface area contributed by atoms with E-state index < -0.39 is 30.8 Å². The molecular formula is C16H12F4N2O3. The van der Waals surface area contributed by atoms with Gasteiger partial charge in [-0.3, -0.25) is 4.79 Å². The third-order valence-electron chi connectivity index (χ3n) is 2.80. The van der Waals surface area contributed by atoms with E-state index in [-0.39, 0.29) is 17.0 Å². The van der Waals surface area contributed by atoms with E-state index in [0.29, 0.717) is 0 Å². The Morgan fingerprint density at radius 3 is 2.64 bits per heavy atom. The number of halogens is 4. The number of oxime groups is 1. The van der Waals surface area contributed by atoms with E-state index in [9.17, 15) is 22.4 Å². The first-order chi connectivity index (χ1) is 12.0. The number of nitrogens with zero attached hydrogens (tertiary/aromatic N) is 1. The zero-order valence-corrected chi connectivity index (χ0v) is 12.6. The van der Waals surface area contributed by atoms with Gasteiger partial charge in [0.1, 0.15) is 5.75 Å². The molecule has 0 radical (unpaired) electrons. The van der Waals surface area contributed by atoms with Crippen molar-refractivity contribution in [3.05, 3.63) is 59.7 Å². The van der Waals surface area contributed by atoms with Crippen LogP contribution in [0.1, 0.15) is 5.56 Å². The number of alkyl halides is 2. The van der Waals surface area contributed by atoms with Crippen LogP contribution in [0.5, 0.6) is 5.75 Å². The smallest absolute Gasteiger partial charge is 0.387 e. The summed E-state index contributed by atoms with van der Waals surface area (Å²) in [6, 6.07) is 8.73. The lowest BCUT2D eigenvalue weighted by molar-refractivity contribution is -0.120. The minimum Gasteiger partial charge on any atom is -0.434 e. The molecule has 0 atom stereocenters. The average Bonchev–Trinajstić information content (AvgIpc) is 2.56. The molecule has 0 saturated heterocycles. The maximum Gasteiger partial charge on any atom is 0.387 e. The molecule has 25 heavy (non-hydrogen) atoms. The summed E-state index contributed by atoms with van der Waals surface area (Å²) >= 11 is 0. The second-order valence-electron chi connectivity index (χ2n) is 4.60. The van der Waals surface area contributed by atoms with Gasteiger partial charge in [-0.1, -0.05) is 17.3 Å². The maximum atomic E-state index is 13.0. The molecule has 0 aliphatic heterocycles. The summed E-state index contributed by atoms with van der Waals surface area (Å²) in [5, 5.41) is 5.76. The van der Waals surface area contributed by atoms with Crippen LogP contribution in [-0.4, -0.2) is 25.3 Å². The Kier molecular flexibility index (Phi) is 6.33. The predicted molar refractivity (Wildman–Crippen MR) is 81.6 cm³/mol. The van der Waals surface area contributed by atoms with E-state index in [4.69, 9.17) is 4.84 Å². The van der Waals surface area contributed by atoms with Crippen molar-refractivity contribution in [3.63, 3.8) is 0 Å². The van der Waals surface area contributed by atoms with Gasteiger partial charge in [-0.25, -0.2) is 8.78 Å². The molecule has 0 aliphatic rings. The first-order valence-electron chi connectivity index (χ1n) is 6.90. The van der Waals surface area contributed by atoms with Gasteiger partial charge in [-0.05, 0) is 24.3 Å². The van der Waals surface area contributed by atoms with Gasteiger partial charge >= 0.3 is 6.61 Å². The molecular weight excluding hydrogens is 344 g/mol. The van der Waals surface area contributed by atoms with Gasteiger partial charge in [0.2, 0.25) is 0 Å². The topological polar surface area (TPSA) is 59.9 Å². The second kappa shape index (κ2) is 8.67. The van der Waals surface area contributed by atoms with Crippen LogP contribution in [0.3, 0.4) is 0 Å². The number of carbonyl (C=O) groups is 1. The highest BCUT2D eigenvalue weighted by atomic mass is 19.3. The quantitative estimate of drug-likeness (QED) is 0.469. The van der Waals surface area contributed by atoms with Crippen molar-refractivity contribution >= 4 is 17.8 Å². The summed E-state index contributed by atoms with van der Waals surface area (Å²) in [6.45, 7) is -3.51. The molecule has 2 aromatic rings. The highest BCUT2D eigenvalue weighted by Crippen LogP contribution is 2.18. The Hall–Kier alpha value is -3.10. The van der Waals surface area contributed by atoms with Crippen molar-refractivity contribution in [2.45, 2.75) is 6.61 Å². The van der Waals surface area contributed by atoms with Gasteiger partial charge in [-0.15, -0.1) is 0 Å². The lowest BCUT2D eigenvalue weighted by Gasteiger charge is -2.07. The summed E-state index contributed by atoms with van der Waals surface area (Å²) in [7, 11) is 0. The van der Waals surface area contributed by atoms with Crippen LogP contribution in [0.15, 0.2) is 47.6 Å². The molecule has 0 unspecified atom stereocenters. The SMILES string of the molecule is O=C(CO/N=C/c1ccccc1OC(F)F)Nc1ccc(F)c(F)c1. The largest absolute Gasteiger partial charge is 0.434 e. The molecule has 5 nitrogen and oxygen atoms in total. The summed E-state index contributed by atoms with van der Waals surface area (Å²) in [5.74, 6) is -2.91. The highest BCUT2D eigenvalue weighted by Gasteiger charge is 2.08. The van der Waals surface area contributed by atoms with Crippen LogP contribution in [0.4, 0.5) is 23.2 Å². The van der Waals surface area contributed by atoms with Crippen LogP contribution in [0.25, 0.3) is 0 Å². The lowest BCUT2D eigenvalue weighted by atomic mass is 10.2. The summed E-state index contributed by atoms with van der Waals surface area (Å²) in [4.78, 5) is 16.3. The third-order valence-corrected chi connectivity index (χ3v) is 2.80. The Bertz CT molecular complexity index is 769. The summed E-state index contributed by atoms with van der Waals surface area (Å²) in [5.41, 5.74) is 0.274. The van der Waals surface area contributed by atoms with E-state index in [2.05, 4.69) is 15.2 Å². The molecule has 2 aromatic carbocycles. The molecule has 9 heteroatoms. The van der Waals surface area contributed by atoms with Crippen molar-refractivity contribution in [3.8, 4) is 5.75 Å². The first kappa shape index (κ1) is 18.2. The fourth-order valence-corrected chi connectivity index (χ4v) is 1.75. The standard InChI is InChI=1S/C16H12F4N2O3/c17-12-6-5-11(7-13(12)18)22-15(23)9-24-21-8-10-3-1-2-4-14(10)25-16(19)20/h1-8,16H,9H2,(H,22,23)/b21-8+. The average molecular weight is 356 g/mol. The molecule has 0 aliphatic carbocycles. The zero-order chi connectivity index (χ0) is 18.2. The molecule has 0 aromatic heterocycles. The molecule has 0 spiro atoms. The molecule has 0 heterocycles. The monoisotopic (exact) mass is 356 g/mol. The fraction of sp³-hybridized carbons (Fsp3) is 0.125. The van der Waals surface area contributed by atoms with Gasteiger partial charge in [-0.2, -0.15) is 8.78 Å². The summed E-state index contributed by atoms with van der Waals surface area (Å²) < 4.78 is 54.6. The third kappa shape index (κ3) is 5.79. The molecule has 132 valence electrons. The maximum absolute atomic E-state index is 13.0. The minimum absolute atomic E-state index is 0.0483. The lowest BCUT2D eigenvalue weighted by Crippen LogP contribution is -2.17. The molecule has 2 rings (SSSR count). The van der Waals surface area contributed by atoms with Crippen LogP contribution in [0.2, 0.25) is 0 Å². The molecule has 0 bridgehead atoms. The number of amides is 1. The van der Waals surface area contributed by atoms with Crippen molar-refractivity contribution in [2.24, 2.45) is 5.16 Å². The second-order valence-corrected chi connectivity index (χ2v) is 4.60. The van der Waals surface area contributed by atoms with E-state index in [1.807, 2.05) is 0 Å². The first-order valence-corrected chi connectivity index (χ1v) is 6.90. The van der Waals surface area contributed by atoms with E-state index in [1.165, 1.54) is 24.3 Å². The van der Waals surface area contributed by atoms with Gasteiger partial charge in [0.15, 0.2) is 18.2 Å². The van der Waals surface area contributed by atoms with Crippen molar-refractivity contribution in [1.29, 1.82) is 0 Å². The van der Waals surface area contributed by atoms with Crippen molar-refractivity contribution in [1.82, 2.24) is 0 Å². The van der Waals surface area contributed by atoms with Gasteiger partial charge < -0.3 is 14.9 Å². The van der Waals surface area contributed by atoms with Gasteiger partial charge in [0, 0.05) is 17.3 Å². The molecule has 1 amide bonds.